The van der Waals surface area contributed by atoms with Gasteiger partial charge in [-0.25, -0.2) is 4.79 Å². The summed E-state index contributed by atoms with van der Waals surface area (Å²) in [5.41, 5.74) is 10.3. The molecule has 2 aromatic carbocycles. The van der Waals surface area contributed by atoms with Crippen molar-refractivity contribution in [3.05, 3.63) is 64.7 Å². The lowest BCUT2D eigenvalue weighted by Crippen LogP contribution is -2.04. The third-order valence-electron chi connectivity index (χ3n) is 3.97. The zero-order valence-electron chi connectivity index (χ0n) is 13.0. The van der Waals surface area contributed by atoms with Gasteiger partial charge in [-0.05, 0) is 61.4 Å². The number of aromatic carboxylic acids is 1. The molecule has 0 radical (unpaired) electrons. The summed E-state index contributed by atoms with van der Waals surface area (Å²) in [4.78, 5) is 11.1. The largest absolute Gasteiger partial charge is 0.478 e. The van der Waals surface area contributed by atoms with Crippen molar-refractivity contribution in [1.82, 2.24) is 0 Å². The zero-order valence-corrected chi connectivity index (χ0v) is 13.0. The van der Waals surface area contributed by atoms with E-state index in [1.54, 1.807) is 12.1 Å². The summed E-state index contributed by atoms with van der Waals surface area (Å²) >= 11 is 0. The molecule has 3 N–H and O–H groups in total. The average molecular weight is 297 g/mol. The monoisotopic (exact) mass is 297 g/mol. The maximum Gasteiger partial charge on any atom is 0.335 e. The first-order chi connectivity index (χ1) is 10.6. The van der Waals surface area contributed by atoms with Crippen molar-refractivity contribution in [3.63, 3.8) is 0 Å². The molecule has 0 amide bonds. The van der Waals surface area contributed by atoms with Gasteiger partial charge in [0.05, 0.1) is 5.56 Å². The molecule has 2 aromatic rings. The first-order valence-electron chi connectivity index (χ1n) is 7.74. The number of aryl methyl sites for hydroxylation is 3. The topological polar surface area (TPSA) is 63.3 Å². The molecule has 0 saturated heterocycles. The SMILES string of the molecule is Cc1cc(C(=O)O)cc(CCCCCc2ccccc2)c1N. The van der Waals surface area contributed by atoms with Crippen LogP contribution in [-0.2, 0) is 12.8 Å². The fourth-order valence-electron chi connectivity index (χ4n) is 2.67. The maximum absolute atomic E-state index is 11.1. The Morgan fingerprint density at radius 2 is 1.73 bits per heavy atom. The normalized spacial score (nSPS) is 10.6. The Kier molecular flexibility index (Phi) is 5.59. The molecule has 116 valence electrons. The average Bonchev–Trinajstić information content (AvgIpc) is 2.51. The van der Waals surface area contributed by atoms with Gasteiger partial charge in [-0.2, -0.15) is 0 Å². The minimum atomic E-state index is -0.895. The lowest BCUT2D eigenvalue weighted by molar-refractivity contribution is 0.0696. The van der Waals surface area contributed by atoms with Crippen LogP contribution >= 0.6 is 0 Å². The smallest absolute Gasteiger partial charge is 0.335 e. The maximum atomic E-state index is 11.1. The Labute approximate surface area is 131 Å². The van der Waals surface area contributed by atoms with Gasteiger partial charge in [0.1, 0.15) is 0 Å². The third-order valence-corrected chi connectivity index (χ3v) is 3.97. The quantitative estimate of drug-likeness (QED) is 0.594. The van der Waals surface area contributed by atoms with Gasteiger partial charge in [0.2, 0.25) is 0 Å². The molecule has 3 heteroatoms. The van der Waals surface area contributed by atoms with Gasteiger partial charge in [-0.3, -0.25) is 0 Å². The molecule has 0 unspecified atom stereocenters. The zero-order chi connectivity index (χ0) is 15.9. The van der Waals surface area contributed by atoms with E-state index in [4.69, 9.17) is 10.8 Å². The molecule has 0 fully saturated rings. The van der Waals surface area contributed by atoms with Crippen LogP contribution < -0.4 is 5.73 Å². The van der Waals surface area contributed by atoms with E-state index >= 15 is 0 Å². The fraction of sp³-hybridized carbons (Fsp3) is 0.316. The first-order valence-corrected chi connectivity index (χ1v) is 7.74. The van der Waals surface area contributed by atoms with Crippen LogP contribution in [0.5, 0.6) is 0 Å². The van der Waals surface area contributed by atoms with Crippen LogP contribution in [0.3, 0.4) is 0 Å². The number of carbonyl (C=O) groups is 1. The van der Waals surface area contributed by atoms with Crippen molar-refractivity contribution in [2.24, 2.45) is 0 Å². The van der Waals surface area contributed by atoms with E-state index in [1.165, 1.54) is 5.56 Å². The van der Waals surface area contributed by atoms with Crippen LogP contribution in [0.25, 0.3) is 0 Å². The molecule has 0 spiro atoms. The molecule has 22 heavy (non-hydrogen) atoms. The second-order valence-corrected chi connectivity index (χ2v) is 5.72. The number of rotatable bonds is 7. The fourth-order valence-corrected chi connectivity index (χ4v) is 2.67. The van der Waals surface area contributed by atoms with E-state index in [2.05, 4.69) is 24.3 Å². The number of anilines is 1. The molecular formula is C19H23NO2. The third kappa shape index (κ3) is 4.35. The Morgan fingerprint density at radius 1 is 1.05 bits per heavy atom. The van der Waals surface area contributed by atoms with Crippen molar-refractivity contribution in [2.75, 3.05) is 5.73 Å². The van der Waals surface area contributed by atoms with E-state index < -0.39 is 5.97 Å². The molecule has 0 bridgehead atoms. The van der Waals surface area contributed by atoms with Crippen LogP contribution in [0.2, 0.25) is 0 Å². The van der Waals surface area contributed by atoms with Gasteiger partial charge in [-0.15, -0.1) is 0 Å². The molecule has 0 aliphatic rings. The molecule has 0 atom stereocenters. The minimum Gasteiger partial charge on any atom is -0.478 e. The van der Waals surface area contributed by atoms with Crippen LogP contribution in [0, 0.1) is 6.92 Å². The molecule has 0 aromatic heterocycles. The predicted octanol–water partition coefficient (Wildman–Crippen LogP) is 4.23. The number of carboxylic acid groups (broad SMARTS) is 1. The van der Waals surface area contributed by atoms with Crippen LogP contribution in [-0.4, -0.2) is 11.1 Å². The van der Waals surface area contributed by atoms with Crippen molar-refractivity contribution in [2.45, 2.75) is 39.0 Å². The molecule has 0 saturated carbocycles. The summed E-state index contributed by atoms with van der Waals surface area (Å²) in [6.45, 7) is 1.86. The summed E-state index contributed by atoms with van der Waals surface area (Å²) in [7, 11) is 0. The van der Waals surface area contributed by atoms with Gasteiger partial charge < -0.3 is 10.8 Å². The summed E-state index contributed by atoms with van der Waals surface area (Å²) < 4.78 is 0. The minimum absolute atomic E-state index is 0.325. The van der Waals surface area contributed by atoms with Crippen molar-refractivity contribution >= 4 is 11.7 Å². The first kappa shape index (κ1) is 16.1. The van der Waals surface area contributed by atoms with Crippen molar-refractivity contribution < 1.29 is 9.90 Å². The predicted molar refractivity (Wildman–Crippen MR) is 90.3 cm³/mol. The van der Waals surface area contributed by atoms with Crippen LogP contribution in [0.4, 0.5) is 5.69 Å². The molecule has 0 heterocycles. The highest BCUT2D eigenvalue weighted by Gasteiger charge is 2.09. The lowest BCUT2D eigenvalue weighted by atomic mass is 9.98. The van der Waals surface area contributed by atoms with Gasteiger partial charge in [0.25, 0.3) is 0 Å². The molecule has 3 nitrogen and oxygen atoms in total. The number of unbranched alkanes of at least 4 members (excludes halogenated alkanes) is 2. The second kappa shape index (κ2) is 7.64. The highest BCUT2D eigenvalue weighted by molar-refractivity contribution is 5.89. The number of hydrogen-bond donors (Lipinski definition) is 2. The van der Waals surface area contributed by atoms with Gasteiger partial charge in [-0.1, -0.05) is 36.8 Å². The Bertz CT molecular complexity index is 635. The van der Waals surface area contributed by atoms with Gasteiger partial charge in [0, 0.05) is 5.69 Å². The number of nitrogens with two attached hydrogens (primary N) is 1. The van der Waals surface area contributed by atoms with E-state index in [1.807, 2.05) is 13.0 Å². The van der Waals surface area contributed by atoms with E-state index in [-0.39, 0.29) is 0 Å². The molecular weight excluding hydrogens is 274 g/mol. The Hall–Kier alpha value is -2.29. The summed E-state index contributed by atoms with van der Waals surface area (Å²) in [6.07, 6.45) is 5.21. The Morgan fingerprint density at radius 3 is 2.41 bits per heavy atom. The number of nitrogen functional groups attached to an aromatic ring is 1. The summed E-state index contributed by atoms with van der Waals surface area (Å²) in [6, 6.07) is 13.8. The summed E-state index contributed by atoms with van der Waals surface area (Å²) in [5, 5.41) is 9.12. The number of hydrogen-bond acceptors (Lipinski definition) is 2. The number of carboxylic acids is 1. The number of benzene rings is 2. The van der Waals surface area contributed by atoms with Crippen LogP contribution in [0.1, 0.15) is 46.3 Å². The molecule has 0 aliphatic carbocycles. The van der Waals surface area contributed by atoms with E-state index in [0.29, 0.717) is 5.56 Å². The van der Waals surface area contributed by atoms with E-state index in [0.717, 1.165) is 48.9 Å². The summed E-state index contributed by atoms with van der Waals surface area (Å²) in [5.74, 6) is -0.895. The Balaban J connectivity index is 1.85. The highest BCUT2D eigenvalue weighted by atomic mass is 16.4. The van der Waals surface area contributed by atoms with Crippen LogP contribution in [0.15, 0.2) is 42.5 Å². The molecule has 2 rings (SSSR count). The highest BCUT2D eigenvalue weighted by Crippen LogP contribution is 2.22. The van der Waals surface area contributed by atoms with Crippen molar-refractivity contribution in [3.8, 4) is 0 Å². The van der Waals surface area contributed by atoms with E-state index in [9.17, 15) is 4.79 Å². The second-order valence-electron chi connectivity index (χ2n) is 5.72. The van der Waals surface area contributed by atoms with Crippen molar-refractivity contribution in [1.29, 1.82) is 0 Å². The standard InChI is InChI=1S/C19H23NO2/c1-14-12-17(19(21)22)13-16(18(14)20)11-7-3-6-10-15-8-4-2-5-9-15/h2,4-5,8-9,12-13H,3,6-7,10-11,20H2,1H3,(H,21,22). The molecule has 0 aliphatic heterocycles. The lowest BCUT2D eigenvalue weighted by Gasteiger charge is -2.10. The van der Waals surface area contributed by atoms with Gasteiger partial charge >= 0.3 is 5.97 Å². The van der Waals surface area contributed by atoms with Gasteiger partial charge in [0.15, 0.2) is 0 Å².